The third kappa shape index (κ3) is 4.07. The maximum absolute atomic E-state index is 8.57. The van der Waals surface area contributed by atoms with Gasteiger partial charge in [0.05, 0.1) is 0 Å². The second-order valence-electron chi connectivity index (χ2n) is 4.50. The van der Waals surface area contributed by atoms with Crippen LogP contribution in [0.2, 0.25) is 0 Å². The lowest BCUT2D eigenvalue weighted by molar-refractivity contribution is 0.0820. The molecule has 0 saturated carbocycles. The number of nitrogens with two attached hydrogens (primary N) is 1. The van der Waals surface area contributed by atoms with Crippen LogP contribution < -0.4 is 5.73 Å². The summed E-state index contributed by atoms with van der Waals surface area (Å²) in [6.07, 6.45) is 4.59. The summed E-state index contributed by atoms with van der Waals surface area (Å²) >= 11 is 0. The minimum atomic E-state index is 0.0745. The first-order valence-corrected chi connectivity index (χ1v) is 5.26. The van der Waals surface area contributed by atoms with Crippen molar-refractivity contribution < 1.29 is 5.11 Å². The summed E-state index contributed by atoms with van der Waals surface area (Å²) in [4.78, 5) is 2.40. The molecule has 0 aromatic rings. The number of hydrogen-bond acceptors (Lipinski definition) is 3. The van der Waals surface area contributed by atoms with Gasteiger partial charge in [0.2, 0.25) is 0 Å². The molecule has 0 unspecified atom stereocenters. The van der Waals surface area contributed by atoms with Gasteiger partial charge in [0, 0.05) is 25.2 Å². The molecule has 3 nitrogen and oxygen atoms in total. The average Bonchev–Trinajstić information content (AvgIpc) is 2.00. The zero-order chi connectivity index (χ0) is 9.73. The van der Waals surface area contributed by atoms with Crippen LogP contribution in [0, 0.1) is 0 Å². The summed E-state index contributed by atoms with van der Waals surface area (Å²) in [5.74, 6) is 0. The number of nitrogens with zero attached hydrogens (tertiary/aromatic N) is 1. The van der Waals surface area contributed by atoms with Crippen LogP contribution in [-0.2, 0) is 0 Å². The van der Waals surface area contributed by atoms with E-state index in [-0.39, 0.29) is 5.54 Å². The van der Waals surface area contributed by atoms with E-state index >= 15 is 0 Å². The lowest BCUT2D eigenvalue weighted by Crippen LogP contribution is -2.65. The molecule has 13 heavy (non-hydrogen) atoms. The van der Waals surface area contributed by atoms with E-state index in [1.807, 2.05) is 0 Å². The Hall–Kier alpha value is -0.120. The maximum Gasteiger partial charge on any atom is 0.0431 e. The van der Waals surface area contributed by atoms with Crippen molar-refractivity contribution in [2.75, 3.05) is 26.2 Å². The number of rotatable bonds is 6. The van der Waals surface area contributed by atoms with Crippen molar-refractivity contribution >= 4 is 0 Å². The molecule has 3 N–H and O–H groups in total. The quantitative estimate of drug-likeness (QED) is 0.596. The molecule has 0 aromatic heterocycles. The molecule has 1 aliphatic heterocycles. The first-order chi connectivity index (χ1) is 6.14. The molecule has 1 heterocycles. The molecular weight excluding hydrogens is 164 g/mol. The van der Waals surface area contributed by atoms with Crippen LogP contribution in [0.15, 0.2) is 0 Å². The summed E-state index contributed by atoms with van der Waals surface area (Å²) < 4.78 is 0. The van der Waals surface area contributed by atoms with E-state index in [2.05, 4.69) is 11.8 Å². The van der Waals surface area contributed by atoms with Gasteiger partial charge in [0.1, 0.15) is 0 Å². The van der Waals surface area contributed by atoms with Crippen LogP contribution in [0.1, 0.15) is 32.6 Å². The first-order valence-electron chi connectivity index (χ1n) is 5.26. The second kappa shape index (κ2) is 4.94. The van der Waals surface area contributed by atoms with Gasteiger partial charge < -0.3 is 10.8 Å². The zero-order valence-electron chi connectivity index (χ0n) is 8.63. The summed E-state index contributed by atoms with van der Waals surface area (Å²) in [5.41, 5.74) is 5.96. The van der Waals surface area contributed by atoms with Crippen molar-refractivity contribution in [2.45, 2.75) is 38.1 Å². The standard InChI is InChI=1S/C10H22N2O/c1-10(11)8-12(9-10)6-4-2-3-5-7-13/h13H,2-9,11H2,1H3. The van der Waals surface area contributed by atoms with Crippen LogP contribution in [0.3, 0.4) is 0 Å². The molecule has 0 radical (unpaired) electrons. The summed E-state index contributed by atoms with van der Waals surface area (Å²) in [6, 6.07) is 0. The van der Waals surface area contributed by atoms with Gasteiger partial charge in [-0.2, -0.15) is 0 Å². The molecule has 0 atom stereocenters. The maximum atomic E-state index is 8.57. The number of hydrogen-bond donors (Lipinski definition) is 2. The van der Waals surface area contributed by atoms with E-state index in [0.29, 0.717) is 6.61 Å². The molecule has 0 spiro atoms. The normalized spacial score (nSPS) is 21.5. The number of aliphatic hydroxyl groups is 1. The molecule has 3 heteroatoms. The van der Waals surface area contributed by atoms with Crippen LogP contribution >= 0.6 is 0 Å². The third-order valence-electron chi connectivity index (χ3n) is 2.55. The first kappa shape index (κ1) is 11.0. The molecule has 1 rings (SSSR count). The fourth-order valence-electron chi connectivity index (χ4n) is 1.93. The van der Waals surface area contributed by atoms with Crippen LogP contribution in [0.5, 0.6) is 0 Å². The number of aliphatic hydroxyl groups excluding tert-OH is 1. The van der Waals surface area contributed by atoms with Crippen molar-refractivity contribution in [3.05, 3.63) is 0 Å². The largest absolute Gasteiger partial charge is 0.396 e. The Morgan fingerprint density at radius 2 is 1.85 bits per heavy atom. The molecule has 1 aliphatic rings. The highest BCUT2D eigenvalue weighted by atomic mass is 16.2. The molecule has 0 aromatic carbocycles. The Morgan fingerprint density at radius 3 is 2.38 bits per heavy atom. The number of likely N-dealkylation sites (tertiary alicyclic amines) is 1. The second-order valence-corrected chi connectivity index (χ2v) is 4.50. The van der Waals surface area contributed by atoms with Gasteiger partial charge in [-0.05, 0) is 26.3 Å². The Morgan fingerprint density at radius 1 is 1.23 bits per heavy atom. The fraction of sp³-hybridized carbons (Fsp3) is 1.00. The topological polar surface area (TPSA) is 49.5 Å². The Balaban J connectivity index is 1.85. The van der Waals surface area contributed by atoms with Gasteiger partial charge in [-0.15, -0.1) is 0 Å². The third-order valence-corrected chi connectivity index (χ3v) is 2.55. The molecule has 0 amide bonds. The summed E-state index contributed by atoms with van der Waals surface area (Å²) in [7, 11) is 0. The lowest BCUT2D eigenvalue weighted by atomic mass is 9.93. The highest BCUT2D eigenvalue weighted by Crippen LogP contribution is 2.17. The fourth-order valence-corrected chi connectivity index (χ4v) is 1.93. The van der Waals surface area contributed by atoms with Gasteiger partial charge in [-0.1, -0.05) is 12.8 Å². The van der Waals surface area contributed by atoms with Crippen LogP contribution in [-0.4, -0.2) is 41.8 Å². The van der Waals surface area contributed by atoms with E-state index < -0.39 is 0 Å². The van der Waals surface area contributed by atoms with E-state index in [1.165, 1.54) is 19.4 Å². The van der Waals surface area contributed by atoms with E-state index in [0.717, 1.165) is 25.9 Å². The Kier molecular flexibility index (Phi) is 4.16. The van der Waals surface area contributed by atoms with Crippen LogP contribution in [0.4, 0.5) is 0 Å². The highest BCUT2D eigenvalue weighted by molar-refractivity contribution is 4.95. The SMILES string of the molecule is CC1(N)CN(CCCCCCO)C1. The van der Waals surface area contributed by atoms with E-state index in [1.54, 1.807) is 0 Å². The van der Waals surface area contributed by atoms with Crippen molar-refractivity contribution in [1.29, 1.82) is 0 Å². The Bertz CT molecular complexity index is 140. The van der Waals surface area contributed by atoms with E-state index in [4.69, 9.17) is 10.8 Å². The Labute approximate surface area is 80.9 Å². The van der Waals surface area contributed by atoms with Gasteiger partial charge in [0.25, 0.3) is 0 Å². The van der Waals surface area contributed by atoms with Crippen molar-refractivity contribution in [3.8, 4) is 0 Å². The molecule has 1 saturated heterocycles. The molecule has 0 bridgehead atoms. The molecular formula is C10H22N2O. The van der Waals surface area contributed by atoms with Crippen molar-refractivity contribution in [3.63, 3.8) is 0 Å². The molecule has 78 valence electrons. The summed E-state index contributed by atoms with van der Waals surface area (Å²) in [6.45, 7) is 5.72. The monoisotopic (exact) mass is 186 g/mol. The van der Waals surface area contributed by atoms with Crippen molar-refractivity contribution in [2.24, 2.45) is 5.73 Å². The van der Waals surface area contributed by atoms with Gasteiger partial charge >= 0.3 is 0 Å². The average molecular weight is 186 g/mol. The molecule has 1 fully saturated rings. The molecule has 0 aliphatic carbocycles. The van der Waals surface area contributed by atoms with Crippen LogP contribution in [0.25, 0.3) is 0 Å². The smallest absolute Gasteiger partial charge is 0.0431 e. The number of unbranched alkanes of at least 4 members (excludes halogenated alkanes) is 3. The van der Waals surface area contributed by atoms with Gasteiger partial charge in [-0.25, -0.2) is 0 Å². The minimum Gasteiger partial charge on any atom is -0.396 e. The van der Waals surface area contributed by atoms with Gasteiger partial charge in [0.15, 0.2) is 0 Å². The predicted molar refractivity (Wildman–Crippen MR) is 54.6 cm³/mol. The van der Waals surface area contributed by atoms with Gasteiger partial charge in [-0.3, -0.25) is 4.90 Å². The lowest BCUT2D eigenvalue weighted by Gasteiger charge is -2.45. The van der Waals surface area contributed by atoms with Crippen molar-refractivity contribution in [1.82, 2.24) is 4.90 Å². The highest BCUT2D eigenvalue weighted by Gasteiger charge is 2.33. The minimum absolute atomic E-state index is 0.0745. The van der Waals surface area contributed by atoms with E-state index in [9.17, 15) is 0 Å². The summed E-state index contributed by atoms with van der Waals surface area (Å²) in [5, 5.41) is 8.57. The predicted octanol–water partition coefficient (Wildman–Crippen LogP) is 0.572. The zero-order valence-corrected chi connectivity index (χ0v) is 8.63.